The summed E-state index contributed by atoms with van der Waals surface area (Å²) in [5, 5.41) is 7.11. The molecule has 0 unspecified atom stereocenters. The first-order valence-electron chi connectivity index (χ1n) is 19.0. The van der Waals surface area contributed by atoms with Crippen LogP contribution in [-0.4, -0.2) is 19.5 Å². The standard InChI is InChI=1S/C51H30N4OS/c1-3-13-31(14-4-1)49-52-50(32-15-5-2-6-16-32)54-51(53-49)34-26-28-46-41(30-34)40-29-33(25-27-45(40)56-46)35-19-11-20-38-39-21-12-24-44(48(39)57-47(35)38)55-42-22-9-7-17-36(42)37-18-8-10-23-43(37)55/h1-30H. The largest absolute Gasteiger partial charge is 0.456 e. The fourth-order valence-electron chi connectivity index (χ4n) is 8.41. The van der Waals surface area contributed by atoms with Crippen LogP contribution in [-0.2, 0) is 0 Å². The monoisotopic (exact) mass is 746 g/mol. The van der Waals surface area contributed by atoms with Gasteiger partial charge in [-0.3, -0.25) is 0 Å². The van der Waals surface area contributed by atoms with E-state index in [0.29, 0.717) is 17.5 Å². The molecule has 4 heterocycles. The van der Waals surface area contributed by atoms with E-state index in [9.17, 15) is 0 Å². The number of benzene rings is 8. The van der Waals surface area contributed by atoms with Gasteiger partial charge in [-0.25, -0.2) is 15.0 Å². The van der Waals surface area contributed by atoms with E-state index in [1.165, 1.54) is 53.2 Å². The van der Waals surface area contributed by atoms with Crippen LogP contribution in [0.2, 0.25) is 0 Å². The lowest BCUT2D eigenvalue weighted by atomic mass is 10.00. The molecule has 266 valence electrons. The smallest absolute Gasteiger partial charge is 0.164 e. The second-order valence-corrected chi connectivity index (χ2v) is 15.4. The maximum Gasteiger partial charge on any atom is 0.164 e. The molecule has 57 heavy (non-hydrogen) atoms. The normalized spacial score (nSPS) is 11.9. The molecule has 0 spiro atoms. The number of furan rings is 1. The van der Waals surface area contributed by atoms with Crippen molar-refractivity contribution in [2.75, 3.05) is 0 Å². The third-order valence-electron chi connectivity index (χ3n) is 11.1. The molecule has 0 bridgehead atoms. The highest BCUT2D eigenvalue weighted by Gasteiger charge is 2.19. The van der Waals surface area contributed by atoms with Gasteiger partial charge in [-0.05, 0) is 59.7 Å². The Morgan fingerprint density at radius 1 is 0.368 bits per heavy atom. The Hall–Kier alpha value is -7.41. The Balaban J connectivity index is 1.02. The second kappa shape index (κ2) is 12.6. The molecule has 6 heteroatoms. The molecule has 0 fully saturated rings. The van der Waals surface area contributed by atoms with Crippen molar-refractivity contribution in [1.82, 2.24) is 19.5 Å². The maximum absolute atomic E-state index is 6.43. The van der Waals surface area contributed by atoms with Crippen molar-refractivity contribution in [1.29, 1.82) is 0 Å². The summed E-state index contributed by atoms with van der Waals surface area (Å²) in [5.41, 5.74) is 10.4. The van der Waals surface area contributed by atoms with Gasteiger partial charge in [-0.2, -0.15) is 0 Å². The molecule has 12 rings (SSSR count). The van der Waals surface area contributed by atoms with Gasteiger partial charge in [-0.1, -0.05) is 133 Å². The fourth-order valence-corrected chi connectivity index (χ4v) is 9.75. The predicted molar refractivity (Wildman–Crippen MR) is 236 cm³/mol. The number of rotatable bonds is 5. The quantitative estimate of drug-likeness (QED) is 0.176. The summed E-state index contributed by atoms with van der Waals surface area (Å²) < 4.78 is 11.4. The first-order valence-corrected chi connectivity index (χ1v) is 19.8. The first kappa shape index (κ1) is 31.9. The molecule has 0 aliphatic carbocycles. The van der Waals surface area contributed by atoms with Crippen LogP contribution >= 0.6 is 11.3 Å². The first-order chi connectivity index (χ1) is 28.2. The van der Waals surface area contributed by atoms with Gasteiger partial charge < -0.3 is 8.98 Å². The molecule has 0 radical (unpaired) electrons. The lowest BCUT2D eigenvalue weighted by Crippen LogP contribution is -2.00. The topological polar surface area (TPSA) is 56.7 Å². The summed E-state index contributed by atoms with van der Waals surface area (Å²) in [6.07, 6.45) is 0. The Morgan fingerprint density at radius 2 is 0.860 bits per heavy atom. The molecule has 8 aromatic carbocycles. The van der Waals surface area contributed by atoms with Gasteiger partial charge >= 0.3 is 0 Å². The highest BCUT2D eigenvalue weighted by atomic mass is 32.1. The molecular formula is C51H30N4OS. The summed E-state index contributed by atoms with van der Waals surface area (Å²) in [5.74, 6) is 1.89. The zero-order chi connectivity index (χ0) is 37.5. The Labute approximate surface area is 330 Å². The number of aromatic nitrogens is 4. The van der Waals surface area contributed by atoms with E-state index in [-0.39, 0.29) is 0 Å². The van der Waals surface area contributed by atoms with Crippen LogP contribution in [0.1, 0.15) is 0 Å². The van der Waals surface area contributed by atoms with Gasteiger partial charge in [0.25, 0.3) is 0 Å². The zero-order valence-corrected chi connectivity index (χ0v) is 31.2. The number of thiophene rings is 1. The minimum Gasteiger partial charge on any atom is -0.456 e. The minimum absolute atomic E-state index is 0.615. The van der Waals surface area contributed by atoms with E-state index in [0.717, 1.165) is 44.2 Å². The van der Waals surface area contributed by atoms with Gasteiger partial charge in [0.2, 0.25) is 0 Å². The zero-order valence-electron chi connectivity index (χ0n) is 30.4. The highest BCUT2D eigenvalue weighted by molar-refractivity contribution is 7.26. The van der Waals surface area contributed by atoms with Gasteiger partial charge in [-0.15, -0.1) is 11.3 Å². The third kappa shape index (κ3) is 5.04. The Morgan fingerprint density at radius 3 is 1.49 bits per heavy atom. The molecule has 0 saturated heterocycles. The van der Waals surface area contributed by atoms with E-state index >= 15 is 0 Å². The van der Waals surface area contributed by atoms with Gasteiger partial charge in [0.15, 0.2) is 17.5 Å². The van der Waals surface area contributed by atoms with Crippen LogP contribution < -0.4 is 0 Å². The fraction of sp³-hybridized carbons (Fsp3) is 0. The molecule has 0 atom stereocenters. The van der Waals surface area contributed by atoms with Gasteiger partial charge in [0.05, 0.1) is 21.4 Å². The molecular weight excluding hydrogens is 717 g/mol. The van der Waals surface area contributed by atoms with Crippen LogP contribution in [0.15, 0.2) is 186 Å². The minimum atomic E-state index is 0.615. The number of fused-ring (bicyclic) bond motifs is 9. The number of nitrogens with zero attached hydrogens (tertiary/aromatic N) is 4. The Bertz CT molecular complexity index is 3420. The molecule has 0 N–H and O–H groups in total. The number of hydrogen-bond acceptors (Lipinski definition) is 5. The van der Waals surface area contributed by atoms with Gasteiger partial charge in [0.1, 0.15) is 11.2 Å². The maximum atomic E-state index is 6.43. The van der Waals surface area contributed by atoms with E-state index < -0.39 is 0 Å². The van der Waals surface area contributed by atoms with Gasteiger partial charge in [0, 0.05) is 53.7 Å². The molecule has 0 amide bonds. The van der Waals surface area contributed by atoms with E-state index in [1.807, 2.05) is 84.1 Å². The summed E-state index contributed by atoms with van der Waals surface area (Å²) in [6, 6.07) is 63.8. The van der Waals surface area contributed by atoms with Crippen molar-refractivity contribution in [3.63, 3.8) is 0 Å². The SMILES string of the molecule is c1ccc(-c2nc(-c3ccccc3)nc(-c3ccc4oc5ccc(-c6cccc7c6sc6c(-n8c9ccccc9c9ccccc98)cccc67)cc5c4c3)n2)cc1. The second-order valence-electron chi connectivity index (χ2n) is 14.4. The van der Waals surface area contributed by atoms with Crippen molar-refractivity contribution in [3.05, 3.63) is 182 Å². The molecule has 0 aliphatic heterocycles. The lowest BCUT2D eigenvalue weighted by Gasteiger charge is -2.09. The molecule has 0 saturated carbocycles. The van der Waals surface area contributed by atoms with E-state index in [2.05, 4.69) is 114 Å². The van der Waals surface area contributed by atoms with Crippen molar-refractivity contribution in [2.45, 2.75) is 0 Å². The van der Waals surface area contributed by atoms with Crippen molar-refractivity contribution in [2.24, 2.45) is 0 Å². The summed E-state index contributed by atoms with van der Waals surface area (Å²) in [7, 11) is 0. The lowest BCUT2D eigenvalue weighted by molar-refractivity contribution is 0.669. The molecule has 0 aliphatic rings. The third-order valence-corrected chi connectivity index (χ3v) is 12.3. The summed E-state index contributed by atoms with van der Waals surface area (Å²) in [6.45, 7) is 0. The highest BCUT2D eigenvalue weighted by Crippen LogP contribution is 2.45. The summed E-state index contributed by atoms with van der Waals surface area (Å²) in [4.78, 5) is 14.9. The van der Waals surface area contributed by atoms with Crippen LogP contribution in [0.5, 0.6) is 0 Å². The van der Waals surface area contributed by atoms with Crippen molar-refractivity contribution in [3.8, 4) is 51.0 Å². The molecule has 4 aromatic heterocycles. The molecule has 5 nitrogen and oxygen atoms in total. The average molecular weight is 747 g/mol. The predicted octanol–water partition coefficient (Wildman–Crippen LogP) is 13.9. The average Bonchev–Trinajstić information content (AvgIpc) is 3.96. The summed E-state index contributed by atoms with van der Waals surface area (Å²) >= 11 is 1.87. The van der Waals surface area contributed by atoms with Crippen LogP contribution in [0.25, 0.3) is 115 Å². The van der Waals surface area contributed by atoms with Crippen LogP contribution in [0, 0.1) is 0 Å². The van der Waals surface area contributed by atoms with Crippen LogP contribution in [0.4, 0.5) is 0 Å². The van der Waals surface area contributed by atoms with Crippen molar-refractivity contribution < 1.29 is 4.42 Å². The molecule has 12 aromatic rings. The van der Waals surface area contributed by atoms with Crippen LogP contribution in [0.3, 0.4) is 0 Å². The van der Waals surface area contributed by atoms with E-state index in [4.69, 9.17) is 19.4 Å². The van der Waals surface area contributed by atoms with E-state index in [1.54, 1.807) is 0 Å². The number of para-hydroxylation sites is 2. The Kier molecular flexibility index (Phi) is 7.03. The number of hydrogen-bond donors (Lipinski definition) is 0. The van der Waals surface area contributed by atoms with Crippen molar-refractivity contribution >= 4 is 75.3 Å².